The molecule has 8 heteroatoms. The number of hydrogen-bond acceptors (Lipinski definition) is 6. The molecule has 2 amide bonds. The van der Waals surface area contributed by atoms with Crippen LogP contribution in [-0.2, 0) is 14.3 Å². The van der Waals surface area contributed by atoms with Crippen LogP contribution in [0.5, 0.6) is 11.5 Å². The van der Waals surface area contributed by atoms with Gasteiger partial charge >= 0.3 is 0 Å². The molecule has 0 bridgehead atoms. The lowest BCUT2D eigenvalue weighted by Crippen LogP contribution is -2.28. The summed E-state index contributed by atoms with van der Waals surface area (Å²) in [4.78, 5) is 23.6. The van der Waals surface area contributed by atoms with Crippen molar-refractivity contribution in [2.45, 2.75) is 13.3 Å². The predicted molar refractivity (Wildman–Crippen MR) is 100 cm³/mol. The van der Waals surface area contributed by atoms with Gasteiger partial charge in [0.2, 0.25) is 0 Å². The van der Waals surface area contributed by atoms with Gasteiger partial charge in [0.1, 0.15) is 11.6 Å². The highest BCUT2D eigenvalue weighted by molar-refractivity contribution is 6.01. The number of nitrogens with zero attached hydrogens (tertiary/aromatic N) is 1. The topological polar surface area (TPSA) is 110 Å². The molecule has 0 saturated heterocycles. The van der Waals surface area contributed by atoms with Crippen molar-refractivity contribution in [1.82, 2.24) is 10.6 Å². The Morgan fingerprint density at radius 3 is 2.63 bits per heavy atom. The highest BCUT2D eigenvalue weighted by Crippen LogP contribution is 2.28. The summed E-state index contributed by atoms with van der Waals surface area (Å²) in [6.07, 6.45) is 2.12. The first-order chi connectivity index (χ1) is 13.0. The van der Waals surface area contributed by atoms with Gasteiger partial charge in [0.05, 0.1) is 7.11 Å². The van der Waals surface area contributed by atoms with E-state index in [0.29, 0.717) is 43.2 Å². The Hall–Kier alpha value is -3.05. The molecular formula is C19H25N3O5. The van der Waals surface area contributed by atoms with E-state index in [-0.39, 0.29) is 18.1 Å². The van der Waals surface area contributed by atoms with E-state index in [1.54, 1.807) is 25.3 Å². The summed E-state index contributed by atoms with van der Waals surface area (Å²) in [5, 5.41) is 14.5. The van der Waals surface area contributed by atoms with Gasteiger partial charge in [-0.2, -0.15) is 5.26 Å². The Labute approximate surface area is 159 Å². The van der Waals surface area contributed by atoms with E-state index >= 15 is 0 Å². The quantitative estimate of drug-likeness (QED) is 0.342. The number of methoxy groups -OCH3 is 2. The van der Waals surface area contributed by atoms with Gasteiger partial charge in [0, 0.05) is 26.8 Å². The SMILES string of the molecule is CCNC(=O)COc1ccc(C=C(C#N)C(=O)NCCCOC)cc1OC. The Balaban J connectivity index is 2.83. The first-order valence-electron chi connectivity index (χ1n) is 8.52. The van der Waals surface area contributed by atoms with E-state index in [2.05, 4.69) is 10.6 Å². The van der Waals surface area contributed by atoms with Crippen molar-refractivity contribution in [3.05, 3.63) is 29.3 Å². The van der Waals surface area contributed by atoms with Crippen LogP contribution >= 0.6 is 0 Å². The third-order valence-electron chi connectivity index (χ3n) is 3.41. The summed E-state index contributed by atoms with van der Waals surface area (Å²) in [7, 11) is 3.05. The van der Waals surface area contributed by atoms with Crippen LogP contribution in [0.25, 0.3) is 6.08 Å². The number of amides is 2. The lowest BCUT2D eigenvalue weighted by Gasteiger charge is -2.11. The fourth-order valence-electron chi connectivity index (χ4n) is 2.11. The zero-order chi connectivity index (χ0) is 20.1. The third kappa shape index (κ3) is 7.79. The van der Waals surface area contributed by atoms with Gasteiger partial charge in [0.25, 0.3) is 11.8 Å². The van der Waals surface area contributed by atoms with E-state index < -0.39 is 5.91 Å². The molecule has 146 valence electrons. The van der Waals surface area contributed by atoms with Gasteiger partial charge in [-0.3, -0.25) is 9.59 Å². The molecule has 1 rings (SSSR count). The molecule has 8 nitrogen and oxygen atoms in total. The molecular weight excluding hydrogens is 350 g/mol. The summed E-state index contributed by atoms with van der Waals surface area (Å²) < 4.78 is 15.6. The zero-order valence-electron chi connectivity index (χ0n) is 15.8. The Morgan fingerprint density at radius 1 is 1.22 bits per heavy atom. The number of rotatable bonds is 11. The molecule has 0 heterocycles. The molecule has 1 aromatic carbocycles. The summed E-state index contributed by atoms with van der Waals surface area (Å²) in [6, 6.07) is 6.81. The summed E-state index contributed by atoms with van der Waals surface area (Å²) >= 11 is 0. The third-order valence-corrected chi connectivity index (χ3v) is 3.41. The molecule has 0 aromatic heterocycles. The van der Waals surface area contributed by atoms with E-state index in [0.717, 1.165) is 0 Å². The molecule has 0 saturated carbocycles. The fraction of sp³-hybridized carbons (Fsp3) is 0.421. The molecule has 27 heavy (non-hydrogen) atoms. The Bertz CT molecular complexity index is 710. The molecule has 2 N–H and O–H groups in total. The van der Waals surface area contributed by atoms with Crippen molar-refractivity contribution in [2.24, 2.45) is 0 Å². The van der Waals surface area contributed by atoms with Crippen molar-refractivity contribution >= 4 is 17.9 Å². The van der Waals surface area contributed by atoms with Gasteiger partial charge < -0.3 is 24.8 Å². The standard InChI is InChI=1S/C19H25N3O5/c1-4-21-18(23)13-27-16-7-6-14(11-17(16)26-3)10-15(12-20)19(24)22-8-5-9-25-2/h6-7,10-11H,4-5,8-9,13H2,1-3H3,(H,21,23)(H,22,24). The molecule has 1 aromatic rings. The maximum atomic E-state index is 12.1. The average molecular weight is 375 g/mol. The highest BCUT2D eigenvalue weighted by atomic mass is 16.5. The Morgan fingerprint density at radius 2 is 2.00 bits per heavy atom. The monoisotopic (exact) mass is 375 g/mol. The van der Waals surface area contributed by atoms with E-state index in [9.17, 15) is 14.9 Å². The second kappa shape index (κ2) is 12.3. The molecule has 0 fully saturated rings. The fourth-order valence-corrected chi connectivity index (χ4v) is 2.11. The maximum absolute atomic E-state index is 12.1. The first kappa shape index (κ1) is 22.0. The first-order valence-corrected chi connectivity index (χ1v) is 8.52. The largest absolute Gasteiger partial charge is 0.493 e. The molecule has 0 aliphatic carbocycles. The van der Waals surface area contributed by atoms with Crippen molar-refractivity contribution in [3.63, 3.8) is 0 Å². The number of likely N-dealkylation sites (N-methyl/N-ethyl adjacent to an activating group) is 1. The number of carbonyl (C=O) groups excluding carboxylic acids is 2. The lowest BCUT2D eigenvalue weighted by molar-refractivity contribution is -0.123. The van der Waals surface area contributed by atoms with Gasteiger partial charge in [0.15, 0.2) is 18.1 Å². The molecule has 0 aliphatic heterocycles. The van der Waals surface area contributed by atoms with E-state index in [1.165, 1.54) is 13.2 Å². The van der Waals surface area contributed by atoms with Gasteiger partial charge in [-0.05, 0) is 37.1 Å². The van der Waals surface area contributed by atoms with Crippen molar-refractivity contribution in [3.8, 4) is 17.6 Å². The minimum Gasteiger partial charge on any atom is -0.493 e. The number of ether oxygens (including phenoxy) is 3. The number of nitriles is 1. The van der Waals surface area contributed by atoms with Gasteiger partial charge in [-0.15, -0.1) is 0 Å². The van der Waals surface area contributed by atoms with Crippen molar-refractivity contribution < 1.29 is 23.8 Å². The normalized spacial score (nSPS) is 10.7. The molecule has 0 unspecified atom stereocenters. The van der Waals surface area contributed by atoms with Gasteiger partial charge in [-0.25, -0.2) is 0 Å². The summed E-state index contributed by atoms with van der Waals surface area (Å²) in [5.74, 6) is 0.0961. The number of nitrogens with one attached hydrogen (secondary N) is 2. The second-order valence-electron chi connectivity index (χ2n) is 5.42. The van der Waals surface area contributed by atoms with Crippen LogP contribution in [-0.4, -0.2) is 52.3 Å². The van der Waals surface area contributed by atoms with Gasteiger partial charge in [-0.1, -0.05) is 6.07 Å². The van der Waals surface area contributed by atoms with Crippen molar-refractivity contribution in [1.29, 1.82) is 5.26 Å². The van der Waals surface area contributed by atoms with Crippen LogP contribution in [0.1, 0.15) is 18.9 Å². The zero-order valence-corrected chi connectivity index (χ0v) is 15.8. The van der Waals surface area contributed by atoms with Crippen LogP contribution in [0.3, 0.4) is 0 Å². The molecule has 0 spiro atoms. The van der Waals surface area contributed by atoms with Crippen LogP contribution in [0.15, 0.2) is 23.8 Å². The Kier molecular flexibility index (Phi) is 10.0. The van der Waals surface area contributed by atoms with Crippen LogP contribution in [0, 0.1) is 11.3 Å². The number of carbonyl (C=O) groups is 2. The minimum atomic E-state index is -0.455. The molecule has 0 radical (unpaired) electrons. The minimum absolute atomic E-state index is 0.0227. The van der Waals surface area contributed by atoms with E-state index in [1.807, 2.05) is 13.0 Å². The molecule has 0 atom stereocenters. The second-order valence-corrected chi connectivity index (χ2v) is 5.42. The predicted octanol–water partition coefficient (Wildman–Crippen LogP) is 1.27. The van der Waals surface area contributed by atoms with Crippen LogP contribution in [0.4, 0.5) is 0 Å². The maximum Gasteiger partial charge on any atom is 0.261 e. The van der Waals surface area contributed by atoms with Crippen molar-refractivity contribution in [2.75, 3.05) is 40.5 Å². The average Bonchev–Trinajstić information content (AvgIpc) is 2.68. The molecule has 0 aliphatic rings. The highest BCUT2D eigenvalue weighted by Gasteiger charge is 2.11. The van der Waals surface area contributed by atoms with E-state index in [4.69, 9.17) is 14.2 Å². The lowest BCUT2D eigenvalue weighted by atomic mass is 10.1. The summed E-state index contributed by atoms with van der Waals surface area (Å²) in [5.41, 5.74) is 0.575. The smallest absolute Gasteiger partial charge is 0.261 e. The number of benzene rings is 1. The summed E-state index contributed by atoms with van der Waals surface area (Å²) in [6.45, 7) is 3.16. The number of hydrogen-bond donors (Lipinski definition) is 2. The van der Waals surface area contributed by atoms with Crippen LogP contribution < -0.4 is 20.1 Å². The van der Waals surface area contributed by atoms with Crippen LogP contribution in [0.2, 0.25) is 0 Å².